The van der Waals surface area contributed by atoms with E-state index < -0.39 is 12.4 Å². The van der Waals surface area contributed by atoms with Gasteiger partial charge in [-0.3, -0.25) is 4.40 Å². The zero-order chi connectivity index (χ0) is 15.3. The van der Waals surface area contributed by atoms with Crippen molar-refractivity contribution in [1.29, 1.82) is 0 Å². The lowest BCUT2D eigenvalue weighted by atomic mass is 9.75. The van der Waals surface area contributed by atoms with Crippen LogP contribution < -0.4 is 10.6 Å². The fourth-order valence-electron chi connectivity index (χ4n) is 3.46. The smallest absolute Gasteiger partial charge is 0.214 e. The average molecular weight is 417 g/mol. The van der Waals surface area contributed by atoms with Crippen molar-refractivity contribution in [1.82, 2.24) is 14.4 Å². The molecule has 0 radical (unpaired) electrons. The lowest BCUT2D eigenvalue weighted by Gasteiger charge is -2.41. The van der Waals surface area contributed by atoms with E-state index in [9.17, 15) is 4.39 Å². The van der Waals surface area contributed by atoms with Crippen molar-refractivity contribution in [3.05, 3.63) is 22.2 Å². The first-order valence-corrected chi connectivity index (χ1v) is 8.42. The monoisotopic (exact) mass is 417 g/mol. The molecule has 0 amide bonds. The quantitative estimate of drug-likeness (QED) is 0.714. The number of imidazole rings is 1. The fraction of sp³-hybridized carbons (Fsp3) is 0.571. The lowest BCUT2D eigenvalue weighted by Crippen LogP contribution is -2.50. The van der Waals surface area contributed by atoms with Crippen LogP contribution in [-0.4, -0.2) is 46.5 Å². The van der Waals surface area contributed by atoms with Crippen LogP contribution in [0, 0.1) is 8.99 Å². The molecular formula is C14H17FIN5O. The summed E-state index contributed by atoms with van der Waals surface area (Å²) in [5, 5.41) is 0. The highest BCUT2D eigenvalue weighted by Gasteiger charge is 2.49. The van der Waals surface area contributed by atoms with Gasteiger partial charge in [0.05, 0.1) is 16.2 Å². The van der Waals surface area contributed by atoms with Gasteiger partial charge in [0, 0.05) is 37.1 Å². The number of rotatable bonds is 1. The summed E-state index contributed by atoms with van der Waals surface area (Å²) in [6.07, 6.45) is 5.85. The first-order valence-electron chi connectivity index (χ1n) is 7.34. The van der Waals surface area contributed by atoms with Crippen molar-refractivity contribution in [3.63, 3.8) is 0 Å². The molecule has 0 saturated carbocycles. The molecule has 0 unspecified atom stereocenters. The minimum absolute atomic E-state index is 0.229. The number of ether oxygens (including phenoxy) is 1. The van der Waals surface area contributed by atoms with Crippen molar-refractivity contribution in [2.24, 2.45) is 11.1 Å². The van der Waals surface area contributed by atoms with Crippen molar-refractivity contribution in [3.8, 4) is 0 Å². The zero-order valence-corrected chi connectivity index (χ0v) is 14.1. The molecule has 0 bridgehead atoms. The Labute approximate surface area is 141 Å². The van der Waals surface area contributed by atoms with Crippen LogP contribution >= 0.6 is 22.6 Å². The summed E-state index contributed by atoms with van der Waals surface area (Å²) < 4.78 is 21.7. The Bertz CT molecular complexity index is 700. The summed E-state index contributed by atoms with van der Waals surface area (Å²) in [4.78, 5) is 11.1. The molecule has 4 heterocycles. The second-order valence-corrected chi connectivity index (χ2v) is 7.23. The number of fused-ring (bicyclic) bond motifs is 1. The SMILES string of the molecule is N[C@@H]1[C@H](F)OCC12CCN(c1ncc(I)c3nccn13)CC2. The minimum atomic E-state index is -1.33. The molecule has 22 heavy (non-hydrogen) atoms. The van der Waals surface area contributed by atoms with Crippen LogP contribution in [0.25, 0.3) is 5.65 Å². The van der Waals surface area contributed by atoms with Crippen LogP contribution in [-0.2, 0) is 4.74 Å². The Kier molecular flexibility index (Phi) is 3.50. The van der Waals surface area contributed by atoms with E-state index in [0.29, 0.717) is 6.61 Å². The summed E-state index contributed by atoms with van der Waals surface area (Å²) in [5.41, 5.74) is 6.70. The summed E-state index contributed by atoms with van der Waals surface area (Å²) >= 11 is 2.23. The molecule has 2 saturated heterocycles. The van der Waals surface area contributed by atoms with Gasteiger partial charge in [0.25, 0.3) is 0 Å². The van der Waals surface area contributed by atoms with E-state index in [-0.39, 0.29) is 5.41 Å². The predicted octanol–water partition coefficient (Wildman–Crippen LogP) is 1.57. The molecule has 8 heteroatoms. The van der Waals surface area contributed by atoms with E-state index in [1.807, 2.05) is 16.8 Å². The number of nitrogens with two attached hydrogens (primary N) is 1. The molecule has 4 rings (SSSR count). The van der Waals surface area contributed by atoms with Crippen molar-refractivity contribution in [2.45, 2.75) is 25.2 Å². The van der Waals surface area contributed by atoms with Gasteiger partial charge >= 0.3 is 0 Å². The minimum Gasteiger partial charge on any atom is -0.346 e. The van der Waals surface area contributed by atoms with E-state index in [4.69, 9.17) is 10.5 Å². The Hall–Kier alpha value is -1.00. The molecule has 0 aromatic carbocycles. The van der Waals surface area contributed by atoms with Gasteiger partial charge in [0.2, 0.25) is 12.3 Å². The maximum absolute atomic E-state index is 13.6. The zero-order valence-electron chi connectivity index (χ0n) is 12.0. The Balaban J connectivity index is 1.59. The first-order chi connectivity index (χ1) is 10.6. The Morgan fingerprint density at radius 3 is 2.82 bits per heavy atom. The number of aromatic nitrogens is 3. The van der Waals surface area contributed by atoms with E-state index in [1.54, 1.807) is 6.20 Å². The van der Waals surface area contributed by atoms with Crippen LogP contribution in [0.3, 0.4) is 0 Å². The molecule has 0 aliphatic carbocycles. The molecule has 2 N–H and O–H groups in total. The van der Waals surface area contributed by atoms with Gasteiger partial charge in [-0.05, 0) is 35.4 Å². The van der Waals surface area contributed by atoms with E-state index >= 15 is 0 Å². The lowest BCUT2D eigenvalue weighted by molar-refractivity contribution is 0.0000458. The van der Waals surface area contributed by atoms with Gasteiger partial charge in [-0.15, -0.1) is 0 Å². The van der Waals surface area contributed by atoms with E-state index in [1.165, 1.54) is 0 Å². The number of anilines is 1. The molecule has 2 fully saturated rings. The van der Waals surface area contributed by atoms with Crippen LogP contribution in [0.2, 0.25) is 0 Å². The Morgan fingerprint density at radius 1 is 1.36 bits per heavy atom. The predicted molar refractivity (Wildman–Crippen MR) is 88.4 cm³/mol. The molecular weight excluding hydrogens is 400 g/mol. The number of nitrogens with zero attached hydrogens (tertiary/aromatic N) is 4. The second kappa shape index (κ2) is 5.27. The van der Waals surface area contributed by atoms with Crippen molar-refractivity contribution < 1.29 is 9.13 Å². The maximum atomic E-state index is 13.6. The van der Waals surface area contributed by atoms with Crippen LogP contribution in [0.5, 0.6) is 0 Å². The summed E-state index contributed by atoms with van der Waals surface area (Å²) in [5.74, 6) is 0.882. The summed E-state index contributed by atoms with van der Waals surface area (Å²) in [6.45, 7) is 2.01. The average Bonchev–Trinajstić information content (AvgIpc) is 3.12. The van der Waals surface area contributed by atoms with Gasteiger partial charge in [-0.1, -0.05) is 0 Å². The standard InChI is InChI=1S/C14H17FIN5O/c15-11-10(17)14(8-22-11)1-4-20(5-2-14)13-19-7-9(16)12-18-3-6-21(12)13/h3,6-7,10-11H,1-2,4-5,8,17H2/t10-,11-/m1/s1. The number of halogens is 2. The highest BCUT2D eigenvalue weighted by atomic mass is 127. The van der Waals surface area contributed by atoms with Crippen LogP contribution in [0.1, 0.15) is 12.8 Å². The fourth-order valence-corrected chi connectivity index (χ4v) is 4.00. The van der Waals surface area contributed by atoms with Crippen molar-refractivity contribution in [2.75, 3.05) is 24.6 Å². The van der Waals surface area contributed by atoms with Crippen LogP contribution in [0.15, 0.2) is 18.6 Å². The highest BCUT2D eigenvalue weighted by molar-refractivity contribution is 14.1. The summed E-state index contributed by atoms with van der Waals surface area (Å²) in [6, 6.07) is -0.521. The number of alkyl halides is 1. The first kappa shape index (κ1) is 14.6. The molecule has 2 aliphatic rings. The summed E-state index contributed by atoms with van der Waals surface area (Å²) in [7, 11) is 0. The third-order valence-electron chi connectivity index (χ3n) is 4.92. The normalized spacial score (nSPS) is 27.9. The largest absolute Gasteiger partial charge is 0.346 e. The highest BCUT2D eigenvalue weighted by Crippen LogP contribution is 2.42. The van der Waals surface area contributed by atoms with E-state index in [2.05, 4.69) is 37.5 Å². The molecule has 2 aromatic heterocycles. The third kappa shape index (κ3) is 2.11. The molecule has 118 valence electrons. The number of hydrogen-bond acceptors (Lipinski definition) is 5. The van der Waals surface area contributed by atoms with Crippen LogP contribution in [0.4, 0.5) is 10.3 Å². The third-order valence-corrected chi connectivity index (χ3v) is 5.69. The molecule has 2 aliphatic heterocycles. The topological polar surface area (TPSA) is 68.7 Å². The van der Waals surface area contributed by atoms with Gasteiger partial charge < -0.3 is 15.4 Å². The maximum Gasteiger partial charge on any atom is 0.214 e. The molecule has 6 nitrogen and oxygen atoms in total. The Morgan fingerprint density at radius 2 is 2.14 bits per heavy atom. The molecule has 2 aromatic rings. The van der Waals surface area contributed by atoms with Gasteiger partial charge in [0.1, 0.15) is 0 Å². The van der Waals surface area contributed by atoms with Crippen molar-refractivity contribution >= 4 is 34.2 Å². The second-order valence-electron chi connectivity index (χ2n) is 6.06. The van der Waals surface area contributed by atoms with E-state index in [0.717, 1.165) is 41.1 Å². The van der Waals surface area contributed by atoms with Gasteiger partial charge in [-0.25, -0.2) is 14.4 Å². The van der Waals surface area contributed by atoms with Gasteiger partial charge in [0.15, 0.2) is 5.65 Å². The number of piperidine rings is 1. The van der Waals surface area contributed by atoms with Gasteiger partial charge in [-0.2, -0.15) is 0 Å². The molecule has 1 spiro atoms. The molecule has 2 atom stereocenters. The number of hydrogen-bond donors (Lipinski definition) is 1.